The number of amides is 1. The predicted octanol–water partition coefficient (Wildman–Crippen LogP) is 2.39. The molecule has 1 rings (SSSR count). The summed E-state index contributed by atoms with van der Waals surface area (Å²) < 4.78 is 5.44. The summed E-state index contributed by atoms with van der Waals surface area (Å²) in [5, 5.41) is 11.7. The molecule has 5 heteroatoms. The third-order valence-corrected chi connectivity index (χ3v) is 3.68. The van der Waals surface area contributed by atoms with Gasteiger partial charge in [0.1, 0.15) is 5.75 Å². The molecular weight excluding hydrogens is 262 g/mol. The Balaban J connectivity index is 2.43. The van der Waals surface area contributed by atoms with Crippen molar-refractivity contribution in [2.75, 3.05) is 30.0 Å². The standard InChI is InChI=1S/C14H21NO3S/c1-3-18-13-7-5-4-6-12(13)15-14(17)10-19-9-11(2)8-16/h4-7,11,16H,3,8-10H2,1-2H3,(H,15,17). The Hall–Kier alpha value is -1.20. The number of aliphatic hydroxyl groups is 1. The van der Waals surface area contributed by atoms with Crippen LogP contribution in [-0.2, 0) is 4.79 Å². The number of aliphatic hydroxyl groups excluding tert-OH is 1. The number of hydrogen-bond donors (Lipinski definition) is 2. The summed E-state index contributed by atoms with van der Waals surface area (Å²) in [7, 11) is 0. The fraction of sp³-hybridized carbons (Fsp3) is 0.500. The first-order chi connectivity index (χ1) is 9.17. The number of rotatable bonds is 8. The summed E-state index contributed by atoms with van der Waals surface area (Å²) in [5.74, 6) is 2.00. The van der Waals surface area contributed by atoms with Crippen molar-refractivity contribution in [2.45, 2.75) is 13.8 Å². The molecule has 4 nitrogen and oxygen atoms in total. The summed E-state index contributed by atoms with van der Waals surface area (Å²) in [4.78, 5) is 11.8. The van der Waals surface area contributed by atoms with E-state index in [1.807, 2.05) is 38.1 Å². The molecule has 1 unspecified atom stereocenters. The number of carbonyl (C=O) groups excluding carboxylic acids is 1. The molecule has 0 bridgehead atoms. The Bertz CT molecular complexity index is 398. The van der Waals surface area contributed by atoms with Crippen LogP contribution in [0, 0.1) is 5.92 Å². The zero-order valence-corrected chi connectivity index (χ0v) is 12.2. The van der Waals surface area contributed by atoms with Crippen molar-refractivity contribution >= 4 is 23.4 Å². The minimum absolute atomic E-state index is 0.0534. The average molecular weight is 283 g/mol. The number of ether oxygens (including phenoxy) is 1. The van der Waals surface area contributed by atoms with E-state index >= 15 is 0 Å². The third kappa shape index (κ3) is 5.98. The fourth-order valence-corrected chi connectivity index (χ4v) is 2.33. The lowest BCUT2D eigenvalue weighted by molar-refractivity contribution is -0.113. The number of benzene rings is 1. The molecule has 19 heavy (non-hydrogen) atoms. The maximum atomic E-state index is 11.8. The van der Waals surface area contributed by atoms with Gasteiger partial charge in [-0.25, -0.2) is 0 Å². The Kier molecular flexibility index (Phi) is 7.36. The summed E-state index contributed by atoms with van der Waals surface area (Å²) >= 11 is 1.52. The molecule has 0 aliphatic heterocycles. The van der Waals surface area contributed by atoms with Crippen LogP contribution in [0.15, 0.2) is 24.3 Å². The highest BCUT2D eigenvalue weighted by molar-refractivity contribution is 7.99. The van der Waals surface area contributed by atoms with E-state index in [4.69, 9.17) is 9.84 Å². The Morgan fingerprint density at radius 2 is 2.21 bits per heavy atom. The number of thioether (sulfide) groups is 1. The van der Waals surface area contributed by atoms with Crippen LogP contribution in [0.2, 0.25) is 0 Å². The summed E-state index contributed by atoms with van der Waals surface area (Å²) in [6.45, 7) is 4.58. The van der Waals surface area contributed by atoms with Crippen molar-refractivity contribution in [3.8, 4) is 5.75 Å². The van der Waals surface area contributed by atoms with Crippen LogP contribution in [0.4, 0.5) is 5.69 Å². The maximum Gasteiger partial charge on any atom is 0.234 e. The van der Waals surface area contributed by atoms with E-state index in [1.165, 1.54) is 11.8 Å². The number of nitrogens with one attached hydrogen (secondary N) is 1. The summed E-state index contributed by atoms with van der Waals surface area (Å²) in [6, 6.07) is 7.39. The van der Waals surface area contributed by atoms with E-state index in [1.54, 1.807) is 0 Å². The van der Waals surface area contributed by atoms with Gasteiger partial charge in [0.25, 0.3) is 0 Å². The second-order valence-electron chi connectivity index (χ2n) is 4.28. The van der Waals surface area contributed by atoms with Gasteiger partial charge in [0.05, 0.1) is 18.0 Å². The Labute approximate surface area is 118 Å². The van der Waals surface area contributed by atoms with Gasteiger partial charge in [-0.2, -0.15) is 11.8 Å². The first-order valence-electron chi connectivity index (χ1n) is 6.37. The molecule has 0 heterocycles. The van der Waals surface area contributed by atoms with Crippen LogP contribution in [-0.4, -0.2) is 35.7 Å². The normalized spacial score (nSPS) is 11.9. The largest absolute Gasteiger partial charge is 0.492 e. The van der Waals surface area contributed by atoms with Crippen molar-refractivity contribution in [1.29, 1.82) is 0 Å². The third-order valence-electron chi connectivity index (χ3n) is 2.41. The molecule has 0 aliphatic rings. The Morgan fingerprint density at radius 3 is 2.89 bits per heavy atom. The first-order valence-corrected chi connectivity index (χ1v) is 7.53. The van der Waals surface area contributed by atoms with E-state index in [9.17, 15) is 4.79 Å². The molecule has 1 atom stereocenters. The maximum absolute atomic E-state index is 11.8. The molecule has 1 aromatic rings. The quantitative estimate of drug-likeness (QED) is 0.769. The number of carbonyl (C=O) groups is 1. The predicted molar refractivity (Wildman–Crippen MR) is 79.8 cm³/mol. The van der Waals surface area contributed by atoms with Crippen molar-refractivity contribution in [3.05, 3.63) is 24.3 Å². The smallest absolute Gasteiger partial charge is 0.234 e. The summed E-state index contributed by atoms with van der Waals surface area (Å²) in [5.41, 5.74) is 0.699. The van der Waals surface area contributed by atoms with Crippen LogP contribution in [0.25, 0.3) is 0 Å². The van der Waals surface area contributed by atoms with E-state index < -0.39 is 0 Å². The second kappa shape index (κ2) is 8.82. The fourth-order valence-electron chi connectivity index (χ4n) is 1.44. The molecule has 0 fully saturated rings. The van der Waals surface area contributed by atoms with Crippen molar-refractivity contribution in [2.24, 2.45) is 5.92 Å². The molecule has 2 N–H and O–H groups in total. The molecule has 0 aliphatic carbocycles. The molecule has 0 spiro atoms. The average Bonchev–Trinajstić information content (AvgIpc) is 2.41. The van der Waals surface area contributed by atoms with Crippen LogP contribution in [0.1, 0.15) is 13.8 Å². The zero-order valence-electron chi connectivity index (χ0n) is 11.4. The van der Waals surface area contributed by atoms with E-state index in [2.05, 4.69) is 5.32 Å². The van der Waals surface area contributed by atoms with Gasteiger partial charge in [0, 0.05) is 6.61 Å². The lowest BCUT2D eigenvalue weighted by Crippen LogP contribution is -2.16. The van der Waals surface area contributed by atoms with E-state index in [0.717, 1.165) is 5.75 Å². The van der Waals surface area contributed by atoms with E-state index in [0.29, 0.717) is 23.8 Å². The molecule has 0 radical (unpaired) electrons. The topological polar surface area (TPSA) is 58.6 Å². The van der Waals surface area contributed by atoms with Gasteiger partial charge in [-0.05, 0) is 30.7 Å². The molecule has 0 saturated heterocycles. The summed E-state index contributed by atoms with van der Waals surface area (Å²) in [6.07, 6.45) is 0. The van der Waals surface area contributed by atoms with Crippen LogP contribution < -0.4 is 10.1 Å². The number of hydrogen-bond acceptors (Lipinski definition) is 4. The highest BCUT2D eigenvalue weighted by atomic mass is 32.2. The van der Waals surface area contributed by atoms with Gasteiger partial charge in [-0.3, -0.25) is 4.79 Å². The Morgan fingerprint density at radius 1 is 1.47 bits per heavy atom. The van der Waals surface area contributed by atoms with Crippen molar-refractivity contribution < 1.29 is 14.6 Å². The van der Waals surface area contributed by atoms with Gasteiger partial charge >= 0.3 is 0 Å². The first kappa shape index (κ1) is 15.9. The van der Waals surface area contributed by atoms with Crippen molar-refractivity contribution in [1.82, 2.24) is 0 Å². The van der Waals surface area contributed by atoms with Crippen LogP contribution >= 0.6 is 11.8 Å². The van der Waals surface area contributed by atoms with Gasteiger partial charge in [0.15, 0.2) is 0 Å². The van der Waals surface area contributed by atoms with Crippen LogP contribution in [0.5, 0.6) is 5.75 Å². The molecular formula is C14H21NO3S. The minimum Gasteiger partial charge on any atom is -0.492 e. The molecule has 1 aromatic carbocycles. The second-order valence-corrected chi connectivity index (χ2v) is 5.31. The molecule has 1 amide bonds. The molecule has 0 saturated carbocycles. The van der Waals surface area contributed by atoms with Crippen LogP contribution in [0.3, 0.4) is 0 Å². The monoisotopic (exact) mass is 283 g/mol. The number of para-hydroxylation sites is 2. The van der Waals surface area contributed by atoms with Gasteiger partial charge in [-0.1, -0.05) is 19.1 Å². The molecule has 106 valence electrons. The molecule has 0 aromatic heterocycles. The highest BCUT2D eigenvalue weighted by Gasteiger charge is 2.08. The van der Waals surface area contributed by atoms with E-state index in [-0.39, 0.29) is 18.4 Å². The lowest BCUT2D eigenvalue weighted by atomic mass is 10.2. The lowest BCUT2D eigenvalue weighted by Gasteiger charge is -2.11. The number of anilines is 1. The minimum atomic E-state index is -0.0534. The van der Waals surface area contributed by atoms with Gasteiger partial charge < -0.3 is 15.2 Å². The highest BCUT2D eigenvalue weighted by Crippen LogP contribution is 2.23. The van der Waals surface area contributed by atoms with Crippen molar-refractivity contribution in [3.63, 3.8) is 0 Å². The van der Waals surface area contributed by atoms with Gasteiger partial charge in [-0.15, -0.1) is 0 Å². The van der Waals surface area contributed by atoms with Gasteiger partial charge in [0.2, 0.25) is 5.91 Å². The SMILES string of the molecule is CCOc1ccccc1NC(=O)CSCC(C)CO. The zero-order chi connectivity index (χ0) is 14.1.